The van der Waals surface area contributed by atoms with Crippen molar-refractivity contribution in [3.63, 3.8) is 0 Å². The summed E-state index contributed by atoms with van der Waals surface area (Å²) < 4.78 is 12.8. The number of carbonyl (C=O) groups excluding carboxylic acids is 1. The topological polar surface area (TPSA) is 35.5 Å². The summed E-state index contributed by atoms with van der Waals surface area (Å²) in [4.78, 5) is 11.0. The zero-order valence-corrected chi connectivity index (χ0v) is 17.6. The number of hydrogen-bond acceptors (Lipinski definition) is 3. The average Bonchev–Trinajstić information content (AvgIpc) is 2.69. The third kappa shape index (κ3) is 4.23. The summed E-state index contributed by atoms with van der Waals surface area (Å²) in [6, 6.07) is 21.3. The van der Waals surface area contributed by atoms with Gasteiger partial charge in [-0.25, -0.2) is 0 Å². The molecule has 3 rings (SSSR count). The summed E-state index contributed by atoms with van der Waals surface area (Å²) in [7, 11) is -2.51. The molecule has 1 heterocycles. The van der Waals surface area contributed by atoms with Gasteiger partial charge in [-0.1, -0.05) is 81.4 Å². The Bertz CT molecular complexity index is 677. The molecule has 2 aromatic carbocycles. The minimum Gasteiger partial charge on any atom is -0.405 e. The highest BCUT2D eigenvalue weighted by Crippen LogP contribution is 2.37. The van der Waals surface area contributed by atoms with Gasteiger partial charge in [0, 0.05) is 5.92 Å². The van der Waals surface area contributed by atoms with Crippen LogP contribution in [-0.2, 0) is 14.0 Å². The van der Waals surface area contributed by atoms with E-state index in [4.69, 9.17) is 9.16 Å². The fourth-order valence-corrected chi connectivity index (χ4v) is 8.64. The van der Waals surface area contributed by atoms with Crippen LogP contribution in [0.5, 0.6) is 0 Å². The van der Waals surface area contributed by atoms with Gasteiger partial charge in [0.2, 0.25) is 0 Å². The molecule has 1 saturated heterocycles. The first-order valence-corrected chi connectivity index (χ1v) is 11.7. The molecular weight excluding hydrogens is 352 g/mol. The maximum Gasteiger partial charge on any atom is 0.261 e. The Morgan fingerprint density at radius 2 is 1.56 bits per heavy atom. The van der Waals surface area contributed by atoms with Crippen molar-refractivity contribution in [3.8, 4) is 0 Å². The SMILES string of the molecule is CC(C)(C)[Si](OCC1CCC(C=O)CO1)(c1ccccc1)c1ccccc1. The lowest BCUT2D eigenvalue weighted by Gasteiger charge is -2.44. The Balaban J connectivity index is 1.93. The third-order valence-corrected chi connectivity index (χ3v) is 10.5. The second-order valence-electron chi connectivity index (χ2n) is 8.40. The Labute approximate surface area is 163 Å². The minimum atomic E-state index is -2.51. The van der Waals surface area contributed by atoms with Gasteiger partial charge < -0.3 is 14.0 Å². The molecule has 27 heavy (non-hydrogen) atoms. The molecule has 0 radical (unpaired) electrons. The van der Waals surface area contributed by atoms with E-state index < -0.39 is 8.32 Å². The maximum absolute atomic E-state index is 11.0. The summed E-state index contributed by atoms with van der Waals surface area (Å²) in [5.74, 6) is 0.0362. The minimum absolute atomic E-state index is 0.0320. The third-order valence-electron chi connectivity index (χ3n) is 5.50. The van der Waals surface area contributed by atoms with Crippen LogP contribution < -0.4 is 10.4 Å². The van der Waals surface area contributed by atoms with E-state index in [1.54, 1.807) is 0 Å². The summed E-state index contributed by atoms with van der Waals surface area (Å²) in [6.07, 6.45) is 2.84. The highest BCUT2D eigenvalue weighted by molar-refractivity contribution is 6.99. The summed E-state index contributed by atoms with van der Waals surface area (Å²) >= 11 is 0. The second kappa shape index (κ2) is 8.51. The van der Waals surface area contributed by atoms with Crippen molar-refractivity contribution in [1.29, 1.82) is 0 Å². The van der Waals surface area contributed by atoms with E-state index in [2.05, 4.69) is 81.4 Å². The van der Waals surface area contributed by atoms with Crippen molar-refractivity contribution in [2.24, 2.45) is 5.92 Å². The molecule has 1 aliphatic rings. The number of rotatable bonds is 6. The number of hydrogen-bond donors (Lipinski definition) is 0. The zero-order valence-electron chi connectivity index (χ0n) is 16.6. The summed E-state index contributed by atoms with van der Waals surface area (Å²) in [6.45, 7) is 7.92. The van der Waals surface area contributed by atoms with Gasteiger partial charge in [-0.05, 0) is 28.3 Å². The van der Waals surface area contributed by atoms with Crippen LogP contribution in [0.3, 0.4) is 0 Å². The molecule has 2 aromatic rings. The van der Waals surface area contributed by atoms with Gasteiger partial charge in [0.05, 0.1) is 19.3 Å². The van der Waals surface area contributed by atoms with Gasteiger partial charge in [-0.2, -0.15) is 0 Å². The number of benzene rings is 2. The summed E-state index contributed by atoms with van der Waals surface area (Å²) in [5.41, 5.74) is 0. The molecule has 0 amide bonds. The molecule has 1 aliphatic heterocycles. The highest BCUT2D eigenvalue weighted by Gasteiger charge is 2.50. The van der Waals surface area contributed by atoms with E-state index in [0.717, 1.165) is 19.1 Å². The zero-order chi connectivity index (χ0) is 19.3. The fraction of sp³-hybridized carbons (Fsp3) is 0.435. The predicted molar refractivity (Wildman–Crippen MR) is 112 cm³/mol. The summed E-state index contributed by atoms with van der Waals surface area (Å²) in [5, 5.41) is 2.53. The first kappa shape index (κ1) is 20.0. The smallest absolute Gasteiger partial charge is 0.261 e. The predicted octanol–water partition coefficient (Wildman–Crippen LogP) is 3.56. The van der Waals surface area contributed by atoms with Crippen LogP contribution in [-0.4, -0.2) is 33.9 Å². The molecule has 0 N–H and O–H groups in total. The Kier molecular flexibility index (Phi) is 6.30. The first-order valence-electron chi connectivity index (χ1n) is 9.79. The van der Waals surface area contributed by atoms with Crippen molar-refractivity contribution < 1.29 is 14.0 Å². The molecule has 3 nitrogen and oxygen atoms in total. The molecule has 144 valence electrons. The Hall–Kier alpha value is -1.75. The molecule has 1 fully saturated rings. The van der Waals surface area contributed by atoms with Gasteiger partial charge >= 0.3 is 0 Å². The van der Waals surface area contributed by atoms with Gasteiger partial charge in [-0.3, -0.25) is 0 Å². The molecule has 0 saturated carbocycles. The lowest BCUT2D eigenvalue weighted by atomic mass is 10.0. The number of ether oxygens (including phenoxy) is 1. The van der Waals surface area contributed by atoms with E-state index in [1.807, 2.05) is 0 Å². The van der Waals surface area contributed by atoms with Crippen molar-refractivity contribution in [2.45, 2.75) is 44.8 Å². The molecule has 0 aliphatic carbocycles. The van der Waals surface area contributed by atoms with Crippen LogP contribution in [0.4, 0.5) is 0 Å². The van der Waals surface area contributed by atoms with E-state index in [9.17, 15) is 4.79 Å². The number of carbonyl (C=O) groups is 1. The van der Waals surface area contributed by atoms with Crippen molar-refractivity contribution in [3.05, 3.63) is 60.7 Å². The lowest BCUT2D eigenvalue weighted by Crippen LogP contribution is -2.67. The highest BCUT2D eigenvalue weighted by atomic mass is 28.4. The van der Waals surface area contributed by atoms with Gasteiger partial charge in [-0.15, -0.1) is 0 Å². The first-order chi connectivity index (χ1) is 13.0. The molecule has 2 atom stereocenters. The van der Waals surface area contributed by atoms with Crippen LogP contribution >= 0.6 is 0 Å². The second-order valence-corrected chi connectivity index (χ2v) is 12.7. The van der Waals surface area contributed by atoms with Crippen molar-refractivity contribution in [1.82, 2.24) is 0 Å². The van der Waals surface area contributed by atoms with Crippen LogP contribution in [0.25, 0.3) is 0 Å². The van der Waals surface area contributed by atoms with E-state index >= 15 is 0 Å². The van der Waals surface area contributed by atoms with E-state index in [1.165, 1.54) is 10.4 Å². The van der Waals surface area contributed by atoms with Gasteiger partial charge in [0.25, 0.3) is 8.32 Å². The van der Waals surface area contributed by atoms with Gasteiger partial charge in [0.15, 0.2) is 0 Å². The maximum atomic E-state index is 11.0. The lowest BCUT2D eigenvalue weighted by molar-refractivity contribution is -0.118. The molecule has 0 bridgehead atoms. The standard InChI is InChI=1S/C23H30O3Si/c1-23(2,3)27(21-10-6-4-7-11-21,22-12-8-5-9-13-22)26-18-20-15-14-19(16-24)17-25-20/h4-13,16,19-20H,14-15,17-18H2,1-3H3. The fourth-order valence-electron chi connectivity index (χ4n) is 4.04. The quantitative estimate of drug-likeness (QED) is 0.566. The van der Waals surface area contributed by atoms with Crippen molar-refractivity contribution in [2.75, 3.05) is 13.2 Å². The van der Waals surface area contributed by atoms with E-state index in [0.29, 0.717) is 13.2 Å². The Morgan fingerprint density at radius 3 is 1.96 bits per heavy atom. The molecule has 0 spiro atoms. The van der Waals surface area contributed by atoms with Crippen LogP contribution in [0.15, 0.2) is 60.7 Å². The molecular formula is C23H30O3Si. The van der Waals surface area contributed by atoms with Crippen LogP contribution in [0.2, 0.25) is 5.04 Å². The molecule has 2 unspecified atom stereocenters. The largest absolute Gasteiger partial charge is 0.405 e. The van der Waals surface area contributed by atoms with Gasteiger partial charge in [0.1, 0.15) is 6.29 Å². The van der Waals surface area contributed by atoms with E-state index in [-0.39, 0.29) is 17.1 Å². The average molecular weight is 383 g/mol. The Morgan fingerprint density at radius 1 is 1.00 bits per heavy atom. The molecule has 0 aromatic heterocycles. The van der Waals surface area contributed by atoms with Crippen molar-refractivity contribution >= 4 is 25.0 Å². The normalized spacial score (nSPS) is 21.0. The number of aldehydes is 1. The monoisotopic (exact) mass is 382 g/mol. The molecule has 4 heteroatoms. The van der Waals surface area contributed by atoms with Crippen LogP contribution in [0, 0.1) is 5.92 Å². The van der Waals surface area contributed by atoms with Crippen LogP contribution in [0.1, 0.15) is 33.6 Å².